The van der Waals surface area contributed by atoms with Gasteiger partial charge in [-0.3, -0.25) is 0 Å². The van der Waals surface area contributed by atoms with E-state index in [-0.39, 0.29) is 11.9 Å². The van der Waals surface area contributed by atoms with E-state index in [9.17, 15) is 13.2 Å². The number of rotatable bonds is 11. The highest BCUT2D eigenvalue weighted by molar-refractivity contribution is 5.72. The summed E-state index contributed by atoms with van der Waals surface area (Å²) in [6.45, 7) is 4.97. The maximum atomic E-state index is 12.4. The van der Waals surface area contributed by atoms with Gasteiger partial charge in [0.2, 0.25) is 0 Å². The molecule has 3 aromatic carbocycles. The van der Waals surface area contributed by atoms with Crippen molar-refractivity contribution in [2.75, 3.05) is 11.9 Å². The lowest BCUT2D eigenvalue weighted by molar-refractivity contribution is -0.274. The lowest BCUT2D eigenvalue weighted by atomic mass is 10.0. The first-order chi connectivity index (χ1) is 15.9. The highest BCUT2D eigenvalue weighted by Crippen LogP contribution is 2.33. The molecule has 0 amide bonds. The Bertz CT molecular complexity index is 984. The Hall–Kier alpha value is -3.15. The van der Waals surface area contributed by atoms with Crippen molar-refractivity contribution in [3.05, 3.63) is 78.4 Å². The Morgan fingerprint density at radius 2 is 1.52 bits per heavy atom. The molecule has 3 aromatic rings. The first-order valence-corrected chi connectivity index (χ1v) is 11.3. The molecule has 0 aliphatic rings. The van der Waals surface area contributed by atoms with Gasteiger partial charge in [-0.2, -0.15) is 0 Å². The van der Waals surface area contributed by atoms with E-state index in [0.29, 0.717) is 0 Å². The Labute approximate surface area is 193 Å². The molecule has 0 heterocycles. The molecule has 0 fully saturated rings. The predicted molar refractivity (Wildman–Crippen MR) is 127 cm³/mol. The average Bonchev–Trinajstić information content (AvgIpc) is 2.81. The van der Waals surface area contributed by atoms with Crippen molar-refractivity contribution in [1.82, 2.24) is 0 Å². The summed E-state index contributed by atoms with van der Waals surface area (Å²) < 4.78 is 47.5. The molecule has 1 N–H and O–H groups in total. The molecule has 0 unspecified atom stereocenters. The van der Waals surface area contributed by atoms with Crippen LogP contribution in [0, 0.1) is 0 Å². The molecule has 0 saturated heterocycles. The van der Waals surface area contributed by atoms with Crippen LogP contribution in [-0.2, 0) is 6.42 Å². The van der Waals surface area contributed by atoms with Gasteiger partial charge in [-0.1, -0.05) is 62.4 Å². The second-order valence-corrected chi connectivity index (χ2v) is 7.86. The molecule has 0 aliphatic carbocycles. The van der Waals surface area contributed by atoms with Crippen molar-refractivity contribution in [3.8, 4) is 22.6 Å². The fraction of sp³-hybridized carbons (Fsp3) is 0.333. The van der Waals surface area contributed by atoms with Gasteiger partial charge >= 0.3 is 6.36 Å². The topological polar surface area (TPSA) is 30.5 Å². The zero-order valence-corrected chi connectivity index (χ0v) is 19.0. The van der Waals surface area contributed by atoms with Crippen LogP contribution in [0.25, 0.3) is 11.1 Å². The Kier molecular flexibility index (Phi) is 8.64. The van der Waals surface area contributed by atoms with Gasteiger partial charge in [0.25, 0.3) is 0 Å². The molecule has 0 bridgehead atoms. The largest absolute Gasteiger partial charge is 0.573 e. The normalized spacial score (nSPS) is 11.5. The van der Waals surface area contributed by atoms with Gasteiger partial charge < -0.3 is 14.8 Å². The number of benzene rings is 3. The van der Waals surface area contributed by atoms with E-state index >= 15 is 0 Å². The number of hydrogen-bond acceptors (Lipinski definition) is 3. The van der Waals surface area contributed by atoms with Gasteiger partial charge in [0.05, 0.1) is 11.8 Å². The summed E-state index contributed by atoms with van der Waals surface area (Å²) in [5.74, 6) is 0.545. The third-order valence-electron chi connectivity index (χ3n) is 5.41. The monoisotopic (exact) mass is 457 g/mol. The van der Waals surface area contributed by atoms with Crippen molar-refractivity contribution in [2.45, 2.75) is 52.0 Å². The number of halogens is 3. The van der Waals surface area contributed by atoms with E-state index in [2.05, 4.69) is 36.0 Å². The van der Waals surface area contributed by atoms with Gasteiger partial charge in [-0.05, 0) is 66.6 Å². The fourth-order valence-electron chi connectivity index (χ4n) is 3.59. The molecule has 0 radical (unpaired) electrons. The first-order valence-electron chi connectivity index (χ1n) is 11.3. The first kappa shape index (κ1) is 24.5. The highest BCUT2D eigenvalue weighted by atomic mass is 19.4. The van der Waals surface area contributed by atoms with Crippen LogP contribution in [0.2, 0.25) is 0 Å². The van der Waals surface area contributed by atoms with Crippen LogP contribution in [-0.4, -0.2) is 19.0 Å². The minimum absolute atomic E-state index is 0.125. The predicted octanol–water partition coefficient (Wildman–Crippen LogP) is 7.86. The molecule has 3 rings (SSSR count). The minimum atomic E-state index is -4.70. The molecule has 3 nitrogen and oxygen atoms in total. The summed E-state index contributed by atoms with van der Waals surface area (Å²) in [6.07, 6.45) is -0.830. The van der Waals surface area contributed by atoms with E-state index in [1.165, 1.54) is 17.7 Å². The molecule has 33 heavy (non-hydrogen) atoms. The fourth-order valence-corrected chi connectivity index (χ4v) is 3.59. The van der Waals surface area contributed by atoms with E-state index in [0.717, 1.165) is 54.8 Å². The number of anilines is 1. The standard InChI is InChI=1S/C27H30F3NO2/c1-3-23(4-2)32-26-17-14-22(21-12-15-24(16-13-21)33-27(28,29)30)19-25(26)31-18-8-11-20-9-6-5-7-10-20/h5-7,9-10,12-17,19,23,31H,3-4,8,11,18H2,1-2H3. The number of nitrogens with one attached hydrogen (secondary N) is 1. The van der Waals surface area contributed by atoms with E-state index in [1.54, 1.807) is 12.1 Å². The Morgan fingerprint density at radius 3 is 2.15 bits per heavy atom. The van der Waals surface area contributed by atoms with Crippen molar-refractivity contribution < 1.29 is 22.6 Å². The summed E-state index contributed by atoms with van der Waals surface area (Å²) >= 11 is 0. The summed E-state index contributed by atoms with van der Waals surface area (Å²) in [5.41, 5.74) is 3.85. The van der Waals surface area contributed by atoms with Crippen LogP contribution < -0.4 is 14.8 Å². The molecular formula is C27H30F3NO2. The second-order valence-electron chi connectivity index (χ2n) is 7.86. The molecule has 6 heteroatoms. The third-order valence-corrected chi connectivity index (χ3v) is 5.41. The summed E-state index contributed by atoms with van der Waals surface area (Å²) in [7, 11) is 0. The maximum absolute atomic E-state index is 12.4. The smallest absolute Gasteiger partial charge is 0.488 e. The second kappa shape index (κ2) is 11.6. The van der Waals surface area contributed by atoms with E-state index < -0.39 is 6.36 Å². The van der Waals surface area contributed by atoms with Gasteiger partial charge in [-0.15, -0.1) is 13.2 Å². The summed E-state index contributed by atoms with van der Waals surface area (Å²) in [5, 5.41) is 3.49. The number of hydrogen-bond donors (Lipinski definition) is 1. The van der Waals surface area contributed by atoms with Gasteiger partial charge in [0, 0.05) is 6.54 Å². The quantitative estimate of drug-likeness (QED) is 0.297. The Balaban J connectivity index is 1.75. The van der Waals surface area contributed by atoms with Crippen molar-refractivity contribution >= 4 is 5.69 Å². The number of aryl methyl sites for hydroxylation is 1. The number of ether oxygens (including phenoxy) is 2. The van der Waals surface area contributed by atoms with Crippen LogP contribution in [0.4, 0.5) is 18.9 Å². The van der Waals surface area contributed by atoms with E-state index in [4.69, 9.17) is 4.74 Å². The zero-order valence-electron chi connectivity index (χ0n) is 19.0. The van der Waals surface area contributed by atoms with Crippen molar-refractivity contribution in [1.29, 1.82) is 0 Å². The highest BCUT2D eigenvalue weighted by Gasteiger charge is 2.31. The average molecular weight is 458 g/mol. The molecular weight excluding hydrogens is 427 g/mol. The van der Waals surface area contributed by atoms with Gasteiger partial charge in [0.1, 0.15) is 11.5 Å². The van der Waals surface area contributed by atoms with Crippen molar-refractivity contribution in [2.24, 2.45) is 0 Å². The Morgan fingerprint density at radius 1 is 0.848 bits per heavy atom. The number of alkyl halides is 3. The molecule has 176 valence electrons. The lowest BCUT2D eigenvalue weighted by Crippen LogP contribution is -2.16. The molecule has 0 aliphatic heterocycles. The van der Waals surface area contributed by atoms with E-state index in [1.807, 2.05) is 36.4 Å². The van der Waals surface area contributed by atoms with Crippen LogP contribution >= 0.6 is 0 Å². The van der Waals surface area contributed by atoms with Crippen LogP contribution in [0.15, 0.2) is 72.8 Å². The molecule has 0 atom stereocenters. The molecule has 0 aromatic heterocycles. The minimum Gasteiger partial charge on any atom is -0.488 e. The molecule has 0 spiro atoms. The van der Waals surface area contributed by atoms with Crippen LogP contribution in [0.3, 0.4) is 0 Å². The maximum Gasteiger partial charge on any atom is 0.573 e. The lowest BCUT2D eigenvalue weighted by Gasteiger charge is -2.20. The SMILES string of the molecule is CCC(CC)Oc1ccc(-c2ccc(OC(F)(F)F)cc2)cc1NCCCc1ccccc1. The summed E-state index contributed by atoms with van der Waals surface area (Å²) in [4.78, 5) is 0. The zero-order chi connectivity index (χ0) is 23.7. The van der Waals surface area contributed by atoms with Gasteiger partial charge in [0.15, 0.2) is 0 Å². The van der Waals surface area contributed by atoms with Crippen LogP contribution in [0.1, 0.15) is 38.7 Å². The molecule has 0 saturated carbocycles. The summed E-state index contributed by atoms with van der Waals surface area (Å²) in [6, 6.07) is 22.1. The van der Waals surface area contributed by atoms with Gasteiger partial charge in [-0.25, -0.2) is 0 Å². The third kappa shape index (κ3) is 7.74. The van der Waals surface area contributed by atoms with Crippen LogP contribution in [0.5, 0.6) is 11.5 Å². The van der Waals surface area contributed by atoms with Crippen molar-refractivity contribution in [3.63, 3.8) is 0 Å².